The molecule has 1 saturated heterocycles. The Labute approximate surface area is 141 Å². The zero-order valence-electron chi connectivity index (χ0n) is 14.1. The first-order valence-electron chi connectivity index (χ1n) is 8.47. The molecule has 24 heavy (non-hydrogen) atoms. The van der Waals surface area contributed by atoms with E-state index in [1.54, 1.807) is 12.1 Å². The van der Waals surface area contributed by atoms with Crippen LogP contribution in [0.2, 0.25) is 0 Å². The minimum atomic E-state index is -0.0910. The van der Waals surface area contributed by atoms with E-state index in [1.807, 2.05) is 26.0 Å². The zero-order chi connectivity index (χ0) is 16.9. The minimum absolute atomic E-state index is 0.0910. The topological polar surface area (TPSA) is 77.2 Å². The van der Waals surface area contributed by atoms with Crippen LogP contribution in [0.25, 0.3) is 11.4 Å². The van der Waals surface area contributed by atoms with Crippen LogP contribution in [0.3, 0.4) is 0 Å². The predicted octanol–water partition coefficient (Wildman–Crippen LogP) is 3.16. The Bertz CT molecular complexity index is 673. The van der Waals surface area contributed by atoms with Gasteiger partial charge in [-0.05, 0) is 31.4 Å². The number of benzene rings is 1. The van der Waals surface area contributed by atoms with Crippen molar-refractivity contribution in [1.29, 1.82) is 0 Å². The van der Waals surface area contributed by atoms with Crippen LogP contribution in [0.5, 0.6) is 0 Å². The molecule has 1 fully saturated rings. The predicted molar refractivity (Wildman–Crippen MR) is 89.7 cm³/mol. The molecule has 1 aliphatic heterocycles. The average molecular weight is 329 g/mol. The summed E-state index contributed by atoms with van der Waals surface area (Å²) in [5.41, 5.74) is 1.44. The van der Waals surface area contributed by atoms with Gasteiger partial charge in [0.2, 0.25) is 11.7 Å². The van der Waals surface area contributed by atoms with E-state index in [9.17, 15) is 4.79 Å². The Morgan fingerprint density at radius 3 is 2.71 bits per heavy atom. The number of ether oxygens (including phenoxy) is 1. The van der Waals surface area contributed by atoms with Gasteiger partial charge >= 0.3 is 0 Å². The highest BCUT2D eigenvalue weighted by atomic mass is 16.5. The lowest BCUT2D eigenvalue weighted by Gasteiger charge is -2.22. The summed E-state index contributed by atoms with van der Waals surface area (Å²) in [6.45, 7) is 5.35. The second-order valence-electron chi connectivity index (χ2n) is 6.39. The number of hydrogen-bond acceptors (Lipinski definition) is 5. The fourth-order valence-electron chi connectivity index (χ4n) is 2.63. The van der Waals surface area contributed by atoms with Crippen molar-refractivity contribution in [2.45, 2.75) is 45.1 Å². The van der Waals surface area contributed by atoms with Gasteiger partial charge in [-0.15, -0.1) is 0 Å². The monoisotopic (exact) mass is 329 g/mol. The molecule has 6 nitrogen and oxygen atoms in total. The van der Waals surface area contributed by atoms with Crippen molar-refractivity contribution in [3.05, 3.63) is 35.7 Å². The highest BCUT2D eigenvalue weighted by molar-refractivity contribution is 5.94. The third-order valence-electron chi connectivity index (χ3n) is 4.11. The molecule has 1 aliphatic rings. The van der Waals surface area contributed by atoms with Crippen LogP contribution in [0, 0.1) is 0 Å². The molecule has 0 spiro atoms. The minimum Gasteiger partial charge on any atom is -0.376 e. The van der Waals surface area contributed by atoms with E-state index in [-0.39, 0.29) is 17.9 Å². The van der Waals surface area contributed by atoms with Gasteiger partial charge in [-0.25, -0.2) is 0 Å². The molecule has 1 N–H and O–H groups in total. The molecular formula is C18H23N3O3. The number of nitrogens with zero attached hydrogens (tertiary/aromatic N) is 2. The first-order chi connectivity index (χ1) is 11.6. The lowest BCUT2D eigenvalue weighted by atomic mass is 10.1. The van der Waals surface area contributed by atoms with E-state index in [0.29, 0.717) is 23.8 Å². The van der Waals surface area contributed by atoms with Crippen LogP contribution in [0.1, 0.15) is 55.3 Å². The number of carbonyl (C=O) groups is 1. The van der Waals surface area contributed by atoms with E-state index < -0.39 is 0 Å². The molecule has 1 atom stereocenters. The summed E-state index contributed by atoms with van der Waals surface area (Å²) in [7, 11) is 0. The summed E-state index contributed by atoms with van der Waals surface area (Å²) in [5, 5.41) is 6.91. The van der Waals surface area contributed by atoms with Crippen molar-refractivity contribution in [3.8, 4) is 11.4 Å². The maximum atomic E-state index is 12.2. The first kappa shape index (κ1) is 16.6. The second kappa shape index (κ2) is 7.57. The fraction of sp³-hybridized carbons (Fsp3) is 0.500. The van der Waals surface area contributed by atoms with Gasteiger partial charge in [0, 0.05) is 30.2 Å². The maximum absolute atomic E-state index is 12.2. The van der Waals surface area contributed by atoms with Gasteiger partial charge in [0.25, 0.3) is 5.91 Å². The molecule has 6 heteroatoms. The third kappa shape index (κ3) is 4.00. The zero-order valence-corrected chi connectivity index (χ0v) is 14.1. The normalized spacial score (nSPS) is 17.9. The van der Waals surface area contributed by atoms with Gasteiger partial charge in [0.1, 0.15) is 0 Å². The largest absolute Gasteiger partial charge is 0.376 e. The van der Waals surface area contributed by atoms with Gasteiger partial charge < -0.3 is 14.6 Å². The molecule has 0 unspecified atom stereocenters. The fourth-order valence-corrected chi connectivity index (χ4v) is 2.63. The van der Waals surface area contributed by atoms with Crippen molar-refractivity contribution in [3.63, 3.8) is 0 Å². The summed E-state index contributed by atoms with van der Waals surface area (Å²) in [6.07, 6.45) is 3.42. The van der Waals surface area contributed by atoms with Crippen LogP contribution < -0.4 is 5.32 Å². The molecule has 2 aromatic rings. The lowest BCUT2D eigenvalue weighted by Crippen LogP contribution is -2.35. The molecule has 3 rings (SSSR count). The Balaban J connectivity index is 1.59. The molecule has 2 heterocycles. The van der Waals surface area contributed by atoms with Crippen LogP contribution in [0.15, 0.2) is 28.8 Å². The van der Waals surface area contributed by atoms with Crippen molar-refractivity contribution in [1.82, 2.24) is 15.5 Å². The van der Waals surface area contributed by atoms with E-state index in [0.717, 1.165) is 31.4 Å². The molecule has 0 saturated carbocycles. The van der Waals surface area contributed by atoms with Crippen molar-refractivity contribution >= 4 is 5.91 Å². The smallest absolute Gasteiger partial charge is 0.251 e. The van der Waals surface area contributed by atoms with Crippen molar-refractivity contribution < 1.29 is 14.1 Å². The molecule has 1 aromatic heterocycles. The van der Waals surface area contributed by atoms with Crippen molar-refractivity contribution in [2.75, 3.05) is 13.2 Å². The van der Waals surface area contributed by atoms with Crippen molar-refractivity contribution in [2.24, 2.45) is 0 Å². The lowest BCUT2D eigenvalue weighted by molar-refractivity contribution is 0.0169. The highest BCUT2D eigenvalue weighted by Gasteiger charge is 2.16. The summed E-state index contributed by atoms with van der Waals surface area (Å²) in [6, 6.07) is 7.22. The maximum Gasteiger partial charge on any atom is 0.251 e. The van der Waals surface area contributed by atoms with E-state index in [2.05, 4.69) is 15.5 Å². The van der Waals surface area contributed by atoms with Gasteiger partial charge in [-0.1, -0.05) is 31.1 Å². The van der Waals surface area contributed by atoms with E-state index in [4.69, 9.17) is 9.26 Å². The van der Waals surface area contributed by atoms with Crippen LogP contribution in [0.4, 0.5) is 0 Å². The molecule has 0 bridgehead atoms. The Morgan fingerprint density at radius 1 is 1.29 bits per heavy atom. The molecule has 0 aliphatic carbocycles. The molecular weight excluding hydrogens is 306 g/mol. The van der Waals surface area contributed by atoms with Gasteiger partial charge in [-0.3, -0.25) is 4.79 Å². The second-order valence-corrected chi connectivity index (χ2v) is 6.39. The molecule has 128 valence electrons. The van der Waals surface area contributed by atoms with Gasteiger partial charge in [0.15, 0.2) is 0 Å². The first-order valence-corrected chi connectivity index (χ1v) is 8.47. The molecule has 1 amide bonds. The molecule has 0 radical (unpaired) electrons. The quantitative estimate of drug-likeness (QED) is 0.912. The Kier molecular flexibility index (Phi) is 5.25. The Morgan fingerprint density at radius 2 is 2.08 bits per heavy atom. The third-order valence-corrected chi connectivity index (χ3v) is 4.11. The number of rotatable bonds is 5. The van der Waals surface area contributed by atoms with Gasteiger partial charge in [0.05, 0.1) is 6.10 Å². The average Bonchev–Trinajstić information content (AvgIpc) is 3.11. The number of carbonyl (C=O) groups excluding carboxylic acids is 1. The summed E-state index contributed by atoms with van der Waals surface area (Å²) in [4.78, 5) is 16.6. The highest BCUT2D eigenvalue weighted by Crippen LogP contribution is 2.20. The van der Waals surface area contributed by atoms with Crippen LogP contribution in [-0.4, -0.2) is 35.3 Å². The number of aromatic nitrogens is 2. The summed E-state index contributed by atoms with van der Waals surface area (Å²) in [5.74, 6) is 1.26. The van der Waals surface area contributed by atoms with E-state index >= 15 is 0 Å². The van der Waals surface area contributed by atoms with Gasteiger partial charge in [-0.2, -0.15) is 4.98 Å². The number of nitrogens with one attached hydrogen (secondary N) is 1. The standard InChI is InChI=1S/C18H23N3O3/c1-12(2)18-20-16(21-24-18)13-6-8-14(9-7-13)17(22)19-11-15-5-3-4-10-23-15/h6-9,12,15H,3-5,10-11H2,1-2H3,(H,19,22)/t15-/m1/s1. The summed E-state index contributed by atoms with van der Waals surface area (Å²) >= 11 is 0. The number of hydrogen-bond donors (Lipinski definition) is 1. The van der Waals surface area contributed by atoms with Crippen LogP contribution in [-0.2, 0) is 4.74 Å². The van der Waals surface area contributed by atoms with E-state index in [1.165, 1.54) is 0 Å². The Hall–Kier alpha value is -2.21. The number of amides is 1. The SMILES string of the molecule is CC(C)c1nc(-c2ccc(C(=O)NC[C@H]3CCCCO3)cc2)no1. The van der Waals surface area contributed by atoms with Crippen LogP contribution >= 0.6 is 0 Å². The molecule has 1 aromatic carbocycles. The summed E-state index contributed by atoms with van der Waals surface area (Å²) < 4.78 is 10.8.